The molecule has 1 aliphatic rings. The summed E-state index contributed by atoms with van der Waals surface area (Å²) in [5.41, 5.74) is 11.7. The monoisotopic (exact) mass is 428 g/mol. The van der Waals surface area contributed by atoms with Crippen LogP contribution in [0.15, 0.2) is 48.1 Å². The summed E-state index contributed by atoms with van der Waals surface area (Å²) in [5, 5.41) is 18.6. The lowest BCUT2D eigenvalue weighted by molar-refractivity contribution is 0.0452. The Kier molecular flexibility index (Phi) is 4.06. The molecule has 0 bridgehead atoms. The lowest BCUT2D eigenvalue weighted by Crippen LogP contribution is -2.31. The van der Waals surface area contributed by atoms with Crippen LogP contribution in [0.25, 0.3) is 43.8 Å². The van der Waals surface area contributed by atoms with E-state index in [-0.39, 0.29) is 12.1 Å². The van der Waals surface area contributed by atoms with E-state index >= 15 is 0 Å². The van der Waals surface area contributed by atoms with E-state index in [2.05, 4.69) is 52.6 Å². The summed E-state index contributed by atoms with van der Waals surface area (Å²) in [4.78, 5) is 14.7. The van der Waals surface area contributed by atoms with Crippen molar-refractivity contribution in [2.45, 2.75) is 31.9 Å². The minimum atomic E-state index is -0.282. The zero-order valence-electron chi connectivity index (χ0n) is 16.9. The van der Waals surface area contributed by atoms with Gasteiger partial charge < -0.3 is 10.8 Å². The Morgan fingerprint density at radius 2 is 2.03 bits per heavy atom. The van der Waals surface area contributed by atoms with Gasteiger partial charge in [-0.1, -0.05) is 18.2 Å². The van der Waals surface area contributed by atoms with Gasteiger partial charge >= 0.3 is 0 Å². The molecule has 0 amide bonds. The van der Waals surface area contributed by atoms with Crippen molar-refractivity contribution in [2.75, 3.05) is 5.73 Å². The molecule has 1 aromatic carbocycles. The van der Waals surface area contributed by atoms with Gasteiger partial charge in [0.25, 0.3) is 0 Å². The number of nitrogens with zero attached hydrogens (tertiary/aromatic N) is 5. The van der Waals surface area contributed by atoms with Crippen LogP contribution in [-0.4, -0.2) is 35.9 Å². The minimum absolute atomic E-state index is 0.117. The number of nitrogens with two attached hydrogens (primary N) is 1. The summed E-state index contributed by atoms with van der Waals surface area (Å²) in [7, 11) is 0. The molecule has 1 saturated carbocycles. The van der Waals surface area contributed by atoms with Gasteiger partial charge in [-0.25, -0.2) is 19.6 Å². The third kappa shape index (κ3) is 2.90. The minimum Gasteiger partial charge on any atom is -0.393 e. The summed E-state index contributed by atoms with van der Waals surface area (Å²) >= 11 is 1.68. The Balaban J connectivity index is 1.55. The molecule has 0 spiro atoms. The number of aliphatic hydroxyl groups excluding tert-OH is 1. The number of aryl methyl sites for hydroxylation is 1. The molecule has 1 fully saturated rings. The molecule has 5 aromatic rings. The van der Waals surface area contributed by atoms with E-state index in [1.807, 2.05) is 10.7 Å². The number of anilines is 1. The normalized spacial score (nSPS) is 18.5. The van der Waals surface area contributed by atoms with E-state index in [1.54, 1.807) is 11.3 Å². The van der Waals surface area contributed by atoms with Gasteiger partial charge in [-0.3, -0.25) is 0 Å². The highest BCUT2D eigenvalue weighted by Crippen LogP contribution is 2.38. The maximum atomic E-state index is 9.77. The van der Waals surface area contributed by atoms with Gasteiger partial charge in [0.15, 0.2) is 5.65 Å². The van der Waals surface area contributed by atoms with Crippen LogP contribution in [-0.2, 0) is 0 Å². The third-order valence-electron chi connectivity index (χ3n) is 6.02. The number of nitrogen functional groups attached to an aromatic ring is 1. The lowest BCUT2D eigenvalue weighted by atomic mass is 9.90. The van der Waals surface area contributed by atoms with Crippen molar-refractivity contribution in [3.8, 4) is 21.8 Å². The fourth-order valence-corrected chi connectivity index (χ4v) is 5.00. The first-order valence-electron chi connectivity index (χ1n) is 10.2. The fourth-order valence-electron chi connectivity index (χ4n) is 4.31. The quantitative estimate of drug-likeness (QED) is 0.443. The maximum absolute atomic E-state index is 9.77. The molecular formula is C23H20N6OS. The Bertz CT molecular complexity index is 1440. The van der Waals surface area contributed by atoms with Crippen LogP contribution in [0.5, 0.6) is 0 Å². The van der Waals surface area contributed by atoms with Gasteiger partial charge in [-0.05, 0) is 48.9 Å². The molecule has 8 heteroatoms. The van der Waals surface area contributed by atoms with Crippen molar-refractivity contribution in [2.24, 2.45) is 0 Å². The number of hydrogen-bond acceptors (Lipinski definition) is 7. The lowest BCUT2D eigenvalue weighted by Gasteiger charge is -2.31. The molecule has 4 aromatic heterocycles. The molecule has 0 saturated heterocycles. The highest BCUT2D eigenvalue weighted by Gasteiger charge is 2.32. The average Bonchev–Trinajstić information content (AvgIpc) is 3.40. The van der Waals surface area contributed by atoms with Crippen LogP contribution in [0.3, 0.4) is 0 Å². The predicted octanol–water partition coefficient (Wildman–Crippen LogP) is 4.36. The largest absolute Gasteiger partial charge is 0.393 e. The highest BCUT2D eigenvalue weighted by molar-refractivity contribution is 7.13. The number of benzene rings is 1. The smallest absolute Gasteiger partial charge is 0.164 e. The van der Waals surface area contributed by atoms with Crippen LogP contribution in [0, 0.1) is 6.92 Å². The number of aromatic nitrogens is 5. The van der Waals surface area contributed by atoms with Crippen LogP contribution in [0.4, 0.5) is 5.82 Å². The van der Waals surface area contributed by atoms with Crippen LogP contribution in [0.1, 0.15) is 24.4 Å². The van der Waals surface area contributed by atoms with Crippen molar-refractivity contribution in [3.63, 3.8) is 0 Å². The number of fused-ring (bicyclic) bond motifs is 2. The van der Waals surface area contributed by atoms with Gasteiger partial charge in [-0.15, -0.1) is 11.3 Å². The predicted molar refractivity (Wildman–Crippen MR) is 123 cm³/mol. The summed E-state index contributed by atoms with van der Waals surface area (Å²) in [5.74, 6) is 0.405. The Hall–Kier alpha value is -3.36. The topological polar surface area (TPSA) is 103 Å². The van der Waals surface area contributed by atoms with Crippen molar-refractivity contribution in [3.05, 3.63) is 53.7 Å². The molecule has 31 heavy (non-hydrogen) atoms. The Labute approximate surface area is 182 Å². The molecule has 0 aliphatic heterocycles. The summed E-state index contributed by atoms with van der Waals surface area (Å²) in [6.07, 6.45) is 2.52. The van der Waals surface area contributed by atoms with Crippen molar-refractivity contribution < 1.29 is 5.11 Å². The third-order valence-corrected chi connectivity index (χ3v) is 6.91. The Morgan fingerprint density at radius 1 is 1.16 bits per heavy atom. The van der Waals surface area contributed by atoms with Crippen molar-refractivity contribution in [1.82, 2.24) is 24.7 Å². The zero-order chi connectivity index (χ0) is 21.1. The van der Waals surface area contributed by atoms with E-state index in [0.29, 0.717) is 24.3 Å². The molecule has 7 nitrogen and oxygen atoms in total. The van der Waals surface area contributed by atoms with Crippen molar-refractivity contribution >= 4 is 39.1 Å². The van der Waals surface area contributed by atoms with Gasteiger partial charge in [-0.2, -0.15) is 5.10 Å². The van der Waals surface area contributed by atoms with Gasteiger partial charge in [0.1, 0.15) is 17.8 Å². The zero-order valence-corrected chi connectivity index (χ0v) is 17.7. The van der Waals surface area contributed by atoms with E-state index < -0.39 is 0 Å². The molecule has 0 unspecified atom stereocenters. The summed E-state index contributed by atoms with van der Waals surface area (Å²) in [6, 6.07) is 12.6. The van der Waals surface area contributed by atoms with Gasteiger partial charge in [0.05, 0.1) is 33.6 Å². The molecule has 154 valence electrons. The molecule has 3 N–H and O–H groups in total. The first kappa shape index (κ1) is 18.4. The van der Waals surface area contributed by atoms with E-state index in [4.69, 9.17) is 15.8 Å². The second kappa shape index (κ2) is 6.83. The number of aliphatic hydroxyl groups is 1. The first-order valence-corrected chi connectivity index (χ1v) is 11.1. The Morgan fingerprint density at radius 3 is 2.81 bits per heavy atom. The molecule has 0 radical (unpaired) electrons. The molecule has 1 aliphatic carbocycles. The second-order valence-corrected chi connectivity index (χ2v) is 9.01. The van der Waals surface area contributed by atoms with Gasteiger partial charge in [0, 0.05) is 10.9 Å². The number of hydrogen-bond donors (Lipinski definition) is 2. The molecule has 4 heterocycles. The van der Waals surface area contributed by atoms with Crippen LogP contribution in [0.2, 0.25) is 0 Å². The summed E-state index contributed by atoms with van der Waals surface area (Å²) < 4.78 is 1.89. The van der Waals surface area contributed by atoms with E-state index in [9.17, 15) is 5.11 Å². The summed E-state index contributed by atoms with van der Waals surface area (Å²) in [6.45, 7) is 2.11. The highest BCUT2D eigenvalue weighted by atomic mass is 32.1. The van der Waals surface area contributed by atoms with Crippen molar-refractivity contribution in [1.29, 1.82) is 0 Å². The number of thiophene rings is 1. The molecule has 6 rings (SSSR count). The van der Waals surface area contributed by atoms with Gasteiger partial charge in [0.2, 0.25) is 0 Å². The van der Waals surface area contributed by atoms with Crippen LogP contribution < -0.4 is 5.73 Å². The molecule has 0 atom stereocenters. The fraction of sp³-hybridized carbons (Fsp3) is 0.217. The maximum Gasteiger partial charge on any atom is 0.164 e. The average molecular weight is 429 g/mol. The second-order valence-electron chi connectivity index (χ2n) is 8.06. The number of pyridine rings is 1. The van der Waals surface area contributed by atoms with E-state index in [0.717, 1.165) is 38.1 Å². The van der Waals surface area contributed by atoms with E-state index in [1.165, 1.54) is 11.9 Å². The molecular weight excluding hydrogens is 408 g/mol. The van der Waals surface area contributed by atoms with Crippen LogP contribution >= 0.6 is 11.3 Å². The first-order chi connectivity index (χ1) is 15.1. The SMILES string of the molecule is Cc1cc(-c2cccs2)nc2cc(-c3nn(C4CC(O)C4)c4ncnc(N)c34)ccc12. The number of rotatable bonds is 3. The standard InChI is InChI=1S/C23H20N6OS/c1-12-7-18(19-3-2-6-31-19)27-17-8-13(4-5-16(12)17)21-20-22(24)25-11-26-23(20)29(28-21)14-9-15(30)10-14/h2-8,11,14-15,30H,9-10H2,1H3,(H2,24,25,26).